The lowest BCUT2D eigenvalue weighted by Gasteiger charge is -2.18. The SMILES string of the molecule is CC/C=C\C(=C(/COC)OC)c1c(CCCC)nc(O)c(-c2nnc(CNC(=O)c3ccccc3)o2)c1O. The van der Waals surface area contributed by atoms with Crippen molar-refractivity contribution < 1.29 is 28.9 Å². The number of allylic oxidation sites excluding steroid dienone is 3. The minimum atomic E-state index is -0.439. The molecule has 10 heteroatoms. The first-order valence-electron chi connectivity index (χ1n) is 12.5. The molecular formula is C28H34N4O6. The van der Waals surface area contributed by atoms with Crippen molar-refractivity contribution in [3.63, 3.8) is 0 Å². The molecule has 0 unspecified atom stereocenters. The molecule has 0 radical (unpaired) electrons. The molecule has 3 rings (SSSR count). The second kappa shape index (κ2) is 13.9. The molecule has 2 heterocycles. The Bertz CT molecular complexity index is 1280. The van der Waals surface area contributed by atoms with Crippen LogP contribution in [0.4, 0.5) is 0 Å². The summed E-state index contributed by atoms with van der Waals surface area (Å²) in [6.07, 6.45) is 6.72. The molecular weight excluding hydrogens is 488 g/mol. The van der Waals surface area contributed by atoms with Crippen molar-refractivity contribution in [2.75, 3.05) is 20.8 Å². The van der Waals surface area contributed by atoms with Crippen LogP contribution < -0.4 is 5.32 Å². The van der Waals surface area contributed by atoms with E-state index in [2.05, 4.69) is 20.5 Å². The Balaban J connectivity index is 2.05. The minimum Gasteiger partial charge on any atom is -0.506 e. The number of methoxy groups -OCH3 is 2. The number of nitrogens with one attached hydrogen (secondary N) is 1. The molecule has 3 aromatic rings. The lowest BCUT2D eigenvalue weighted by Crippen LogP contribution is -2.22. The zero-order valence-electron chi connectivity index (χ0n) is 22.2. The molecule has 0 aliphatic rings. The molecule has 0 bridgehead atoms. The van der Waals surface area contributed by atoms with Crippen LogP contribution in [0.3, 0.4) is 0 Å². The third kappa shape index (κ3) is 6.77. The molecule has 3 N–H and O–H groups in total. The number of aromatic hydroxyl groups is 2. The molecule has 2 aromatic heterocycles. The number of pyridine rings is 1. The molecule has 38 heavy (non-hydrogen) atoms. The van der Waals surface area contributed by atoms with Crippen molar-refractivity contribution in [1.29, 1.82) is 0 Å². The highest BCUT2D eigenvalue weighted by Gasteiger charge is 2.27. The average molecular weight is 523 g/mol. The molecule has 0 aliphatic carbocycles. The predicted molar refractivity (Wildman–Crippen MR) is 142 cm³/mol. The van der Waals surface area contributed by atoms with Gasteiger partial charge in [0.1, 0.15) is 23.7 Å². The zero-order chi connectivity index (χ0) is 27.5. The van der Waals surface area contributed by atoms with Crippen molar-refractivity contribution in [2.45, 2.75) is 46.1 Å². The third-order valence-electron chi connectivity index (χ3n) is 5.72. The van der Waals surface area contributed by atoms with Gasteiger partial charge in [-0.3, -0.25) is 4.79 Å². The Morgan fingerprint density at radius 3 is 2.55 bits per heavy atom. The zero-order valence-corrected chi connectivity index (χ0v) is 22.2. The Kier molecular flexibility index (Phi) is 10.4. The van der Waals surface area contributed by atoms with Gasteiger partial charge in [0.15, 0.2) is 0 Å². The van der Waals surface area contributed by atoms with Crippen molar-refractivity contribution in [3.05, 3.63) is 71.0 Å². The lowest BCUT2D eigenvalue weighted by molar-refractivity contribution is 0.0947. The van der Waals surface area contributed by atoms with E-state index in [9.17, 15) is 15.0 Å². The van der Waals surface area contributed by atoms with E-state index in [4.69, 9.17) is 13.9 Å². The summed E-state index contributed by atoms with van der Waals surface area (Å²) >= 11 is 0. The van der Waals surface area contributed by atoms with Gasteiger partial charge < -0.3 is 29.4 Å². The number of hydrogen-bond donors (Lipinski definition) is 3. The highest BCUT2D eigenvalue weighted by Crippen LogP contribution is 2.43. The second-order valence-corrected chi connectivity index (χ2v) is 8.42. The van der Waals surface area contributed by atoms with Crippen molar-refractivity contribution in [1.82, 2.24) is 20.5 Å². The number of unbranched alkanes of at least 4 members (excludes halogenated alkanes) is 1. The molecule has 202 valence electrons. The number of nitrogens with zero attached hydrogens (tertiary/aromatic N) is 3. The summed E-state index contributed by atoms with van der Waals surface area (Å²) in [6, 6.07) is 8.72. The van der Waals surface area contributed by atoms with Crippen LogP contribution in [-0.2, 0) is 22.4 Å². The number of ether oxygens (including phenoxy) is 2. The van der Waals surface area contributed by atoms with Crippen LogP contribution in [0.5, 0.6) is 11.6 Å². The number of carbonyl (C=O) groups is 1. The maximum absolute atomic E-state index is 12.4. The van der Waals surface area contributed by atoms with Gasteiger partial charge in [0, 0.05) is 23.8 Å². The number of amides is 1. The summed E-state index contributed by atoms with van der Waals surface area (Å²) in [5, 5.41) is 33.0. The molecule has 0 fully saturated rings. The van der Waals surface area contributed by atoms with Crippen LogP contribution in [0.15, 0.2) is 52.7 Å². The Morgan fingerprint density at radius 2 is 1.89 bits per heavy atom. The summed E-state index contributed by atoms with van der Waals surface area (Å²) in [6.45, 7) is 4.16. The molecule has 0 saturated carbocycles. The quantitative estimate of drug-likeness (QED) is 0.214. The number of aryl methyl sites for hydroxylation is 1. The summed E-state index contributed by atoms with van der Waals surface area (Å²) in [5.74, 6) is -0.567. The standard InChI is InChI=1S/C28H34N4O6/c1-5-7-14-19(21(37-4)17-36-3)23-20(15-8-6-2)30-27(35)24(25(23)33)28-32-31-22(38-28)16-29-26(34)18-12-10-9-11-13-18/h7,9-14H,5-6,8,15-17H2,1-4H3,(H,29,34)(H2,30,33,35)/b14-7-,21-19-. The monoisotopic (exact) mass is 522 g/mol. The number of hydrogen-bond acceptors (Lipinski definition) is 9. The van der Waals surface area contributed by atoms with E-state index in [1.807, 2.05) is 32.1 Å². The van der Waals surface area contributed by atoms with Crippen LogP contribution in [0.2, 0.25) is 0 Å². The number of benzene rings is 1. The van der Waals surface area contributed by atoms with Crippen molar-refractivity contribution in [3.8, 4) is 23.1 Å². The number of carbonyl (C=O) groups excluding carboxylic acids is 1. The fourth-order valence-electron chi connectivity index (χ4n) is 3.81. The van der Waals surface area contributed by atoms with Gasteiger partial charge in [-0.05, 0) is 31.4 Å². The smallest absolute Gasteiger partial charge is 0.257 e. The van der Waals surface area contributed by atoms with Gasteiger partial charge >= 0.3 is 0 Å². The van der Waals surface area contributed by atoms with E-state index in [0.29, 0.717) is 34.6 Å². The number of rotatable bonds is 13. The molecule has 0 saturated heterocycles. The van der Waals surface area contributed by atoms with Gasteiger partial charge in [-0.2, -0.15) is 0 Å². The first kappa shape index (κ1) is 28.4. The van der Waals surface area contributed by atoms with E-state index < -0.39 is 5.88 Å². The Labute approximate surface area is 222 Å². The molecule has 1 amide bonds. The van der Waals surface area contributed by atoms with Gasteiger partial charge in [-0.1, -0.05) is 50.6 Å². The summed E-state index contributed by atoms with van der Waals surface area (Å²) in [5.41, 5.74) is 1.85. The second-order valence-electron chi connectivity index (χ2n) is 8.42. The highest BCUT2D eigenvalue weighted by atomic mass is 16.5. The predicted octanol–water partition coefficient (Wildman–Crippen LogP) is 4.79. The first-order chi connectivity index (χ1) is 18.4. The minimum absolute atomic E-state index is 0.0385. The fourth-order valence-corrected chi connectivity index (χ4v) is 3.81. The molecule has 0 atom stereocenters. The largest absolute Gasteiger partial charge is 0.506 e. The topological polar surface area (TPSA) is 140 Å². The van der Waals surface area contributed by atoms with Gasteiger partial charge in [-0.25, -0.2) is 4.98 Å². The van der Waals surface area contributed by atoms with Crippen molar-refractivity contribution >= 4 is 11.5 Å². The normalized spacial score (nSPS) is 12.0. The van der Waals surface area contributed by atoms with E-state index in [1.54, 1.807) is 31.4 Å². The van der Waals surface area contributed by atoms with Gasteiger partial charge in [-0.15, -0.1) is 10.2 Å². The highest BCUT2D eigenvalue weighted by molar-refractivity contribution is 5.94. The maximum Gasteiger partial charge on any atom is 0.257 e. The summed E-state index contributed by atoms with van der Waals surface area (Å²) in [7, 11) is 3.08. The van der Waals surface area contributed by atoms with E-state index in [0.717, 1.165) is 19.3 Å². The van der Waals surface area contributed by atoms with E-state index in [-0.39, 0.29) is 42.2 Å². The molecule has 0 spiro atoms. The molecule has 1 aromatic carbocycles. The number of aromatic nitrogens is 3. The first-order valence-corrected chi connectivity index (χ1v) is 12.5. The molecule has 0 aliphatic heterocycles. The van der Waals surface area contributed by atoms with Gasteiger partial charge in [0.25, 0.3) is 11.8 Å². The van der Waals surface area contributed by atoms with E-state index in [1.165, 1.54) is 7.11 Å². The van der Waals surface area contributed by atoms with E-state index >= 15 is 0 Å². The van der Waals surface area contributed by atoms with Gasteiger partial charge in [0.05, 0.1) is 19.3 Å². The molecule has 10 nitrogen and oxygen atoms in total. The average Bonchev–Trinajstić information content (AvgIpc) is 3.39. The maximum atomic E-state index is 12.4. The fraction of sp³-hybridized carbons (Fsp3) is 0.357. The van der Waals surface area contributed by atoms with Crippen LogP contribution in [0.25, 0.3) is 17.0 Å². The lowest BCUT2D eigenvalue weighted by atomic mass is 9.95. The van der Waals surface area contributed by atoms with Crippen LogP contribution >= 0.6 is 0 Å². The van der Waals surface area contributed by atoms with Gasteiger partial charge in [0.2, 0.25) is 11.8 Å². The van der Waals surface area contributed by atoms with Crippen molar-refractivity contribution in [2.24, 2.45) is 0 Å². The summed E-state index contributed by atoms with van der Waals surface area (Å²) < 4.78 is 16.6. The van der Waals surface area contributed by atoms with Crippen LogP contribution in [-0.4, -0.2) is 52.1 Å². The van der Waals surface area contributed by atoms with Crippen LogP contribution in [0, 0.1) is 0 Å². The summed E-state index contributed by atoms with van der Waals surface area (Å²) in [4.78, 5) is 16.8. The van der Waals surface area contributed by atoms with Crippen LogP contribution in [0.1, 0.15) is 60.6 Å². The third-order valence-corrected chi connectivity index (χ3v) is 5.72. The Hall–Kier alpha value is -4.18. The Morgan fingerprint density at radius 1 is 1.13 bits per heavy atom.